The second-order valence-electron chi connectivity index (χ2n) is 7.81. The lowest BCUT2D eigenvalue weighted by molar-refractivity contribution is -0.0289. The fraction of sp³-hybridized carbons (Fsp3) is 1.00. The van der Waals surface area contributed by atoms with Crippen molar-refractivity contribution in [2.24, 2.45) is 0 Å². The van der Waals surface area contributed by atoms with Crippen LogP contribution >= 0.6 is 0 Å². The van der Waals surface area contributed by atoms with E-state index in [9.17, 15) is 0 Å². The van der Waals surface area contributed by atoms with Gasteiger partial charge in [0.05, 0.1) is 15.2 Å². The summed E-state index contributed by atoms with van der Waals surface area (Å²) < 4.78 is 11.8. The normalized spacial score (nSPS) is 15.2. The first kappa shape index (κ1) is 17.7. The molecule has 0 spiro atoms. The molecular weight excluding hydrogens is 278 g/mol. The Labute approximate surface area is 111 Å². The van der Waals surface area contributed by atoms with Gasteiger partial charge < -0.3 is 9.05 Å². The van der Waals surface area contributed by atoms with Crippen molar-refractivity contribution in [3.63, 3.8) is 0 Å². The van der Waals surface area contributed by atoms with E-state index in [0.29, 0.717) is 0 Å². The van der Waals surface area contributed by atoms with Gasteiger partial charge >= 0.3 is 0 Å². The number of nitrogens with one attached hydrogen (secondary N) is 1. The van der Waals surface area contributed by atoms with Crippen LogP contribution in [0.3, 0.4) is 0 Å². The number of rotatable bonds is 6. The molecule has 3 nitrogen and oxygen atoms in total. The molecule has 0 aromatic rings. The summed E-state index contributed by atoms with van der Waals surface area (Å²) >= 11 is 0. The monoisotopic (exact) mass is 309 g/mol. The van der Waals surface area contributed by atoms with E-state index in [-0.39, 0.29) is 0 Å². The van der Waals surface area contributed by atoms with Gasteiger partial charge in [-0.2, -0.15) is 0 Å². The smallest absolute Gasteiger partial charge is 0.204 e. The standard InChI is InChI=1S/C10H31NO2Si4/c1-14(2,3)16(7,8)12-11-13-17(9,10)15(4,5)6/h11H,1-10H3. The van der Waals surface area contributed by atoms with Gasteiger partial charge in [0.2, 0.25) is 15.7 Å². The van der Waals surface area contributed by atoms with Crippen LogP contribution in [0.5, 0.6) is 0 Å². The summed E-state index contributed by atoms with van der Waals surface area (Å²) in [5, 5.41) is 0. The van der Waals surface area contributed by atoms with Crippen LogP contribution in [0.15, 0.2) is 0 Å². The predicted octanol–water partition coefficient (Wildman–Crippen LogP) is 3.68. The maximum Gasteiger partial charge on any atom is 0.204 e. The third kappa shape index (κ3) is 5.09. The van der Waals surface area contributed by atoms with Crippen molar-refractivity contribution >= 4 is 30.9 Å². The summed E-state index contributed by atoms with van der Waals surface area (Å²) in [6.45, 7) is 23.3. The van der Waals surface area contributed by atoms with E-state index in [2.05, 4.69) is 71.1 Å². The van der Waals surface area contributed by atoms with Crippen molar-refractivity contribution < 1.29 is 9.05 Å². The third-order valence-corrected chi connectivity index (χ3v) is 34.9. The molecule has 0 atom stereocenters. The lowest BCUT2D eigenvalue weighted by Gasteiger charge is -2.38. The first-order valence-electron chi connectivity index (χ1n) is 6.32. The van der Waals surface area contributed by atoms with Crippen molar-refractivity contribution in [2.45, 2.75) is 65.5 Å². The van der Waals surface area contributed by atoms with Gasteiger partial charge in [-0.1, -0.05) is 39.3 Å². The maximum atomic E-state index is 5.91. The second-order valence-corrected chi connectivity index (χ2v) is 39.5. The average Bonchev–Trinajstić information content (AvgIpc) is 1.98. The Kier molecular flexibility index (Phi) is 5.63. The Balaban J connectivity index is 4.36. The quantitative estimate of drug-likeness (QED) is 0.600. The minimum Gasteiger partial charge on any atom is -0.328 e. The molecule has 0 aliphatic rings. The molecule has 0 fully saturated rings. The van der Waals surface area contributed by atoms with Crippen molar-refractivity contribution in [1.82, 2.24) is 5.64 Å². The van der Waals surface area contributed by atoms with Crippen LogP contribution in [0.4, 0.5) is 0 Å². The Hall–Kier alpha value is 0.748. The molecule has 0 bridgehead atoms. The minimum absolute atomic E-state index is 1.23. The molecule has 0 aliphatic heterocycles. The molecule has 104 valence electrons. The van der Waals surface area contributed by atoms with Crippen molar-refractivity contribution in [2.75, 3.05) is 0 Å². The van der Waals surface area contributed by atoms with Gasteiger partial charge in [0, 0.05) is 0 Å². The molecule has 0 amide bonds. The van der Waals surface area contributed by atoms with E-state index in [1.54, 1.807) is 0 Å². The number of hydrogen-bond donors (Lipinski definition) is 1. The highest BCUT2D eigenvalue weighted by Crippen LogP contribution is 2.21. The average molecular weight is 310 g/mol. The Morgan fingerprint density at radius 3 is 0.941 bits per heavy atom. The second kappa shape index (κ2) is 5.39. The zero-order valence-corrected chi connectivity index (χ0v) is 17.3. The van der Waals surface area contributed by atoms with Gasteiger partial charge in [-0.25, -0.2) is 0 Å². The highest BCUT2D eigenvalue weighted by atomic mass is 29.3. The summed E-state index contributed by atoms with van der Waals surface area (Å²) in [7, 11) is -5.70. The Bertz CT molecular complexity index is 230. The molecule has 0 aliphatic carbocycles. The summed E-state index contributed by atoms with van der Waals surface area (Å²) in [6, 6.07) is 0. The zero-order valence-electron chi connectivity index (χ0n) is 13.3. The molecule has 17 heavy (non-hydrogen) atoms. The van der Waals surface area contributed by atoms with Crippen LogP contribution in [-0.4, -0.2) is 30.9 Å². The fourth-order valence-electron chi connectivity index (χ4n) is 0.535. The Morgan fingerprint density at radius 2 is 0.765 bits per heavy atom. The van der Waals surface area contributed by atoms with E-state index >= 15 is 0 Å². The van der Waals surface area contributed by atoms with E-state index in [1.807, 2.05) is 0 Å². The highest BCUT2D eigenvalue weighted by Gasteiger charge is 2.42. The summed E-state index contributed by atoms with van der Waals surface area (Å²) in [6.07, 6.45) is 0. The van der Waals surface area contributed by atoms with Crippen LogP contribution in [0.1, 0.15) is 0 Å². The topological polar surface area (TPSA) is 30.5 Å². The highest BCUT2D eigenvalue weighted by molar-refractivity contribution is 7.38. The number of hydrogen-bond acceptors (Lipinski definition) is 3. The lowest BCUT2D eigenvalue weighted by Crippen LogP contribution is -2.61. The van der Waals surface area contributed by atoms with Crippen molar-refractivity contribution in [3.05, 3.63) is 0 Å². The molecule has 0 radical (unpaired) electrons. The van der Waals surface area contributed by atoms with E-state index in [4.69, 9.17) is 9.05 Å². The lowest BCUT2D eigenvalue weighted by atomic mass is 11.8. The third-order valence-electron chi connectivity index (χ3n) is 4.21. The van der Waals surface area contributed by atoms with Gasteiger partial charge in [-0.3, -0.25) is 0 Å². The van der Waals surface area contributed by atoms with Crippen molar-refractivity contribution in [3.8, 4) is 0 Å². The van der Waals surface area contributed by atoms with E-state index in [1.165, 1.54) is 0 Å². The Morgan fingerprint density at radius 1 is 0.529 bits per heavy atom. The van der Waals surface area contributed by atoms with Gasteiger partial charge in [-0.05, 0) is 26.2 Å². The SMILES string of the molecule is C[Si](C)(C)[Si](C)(C)ONO[Si](C)(C)[Si](C)(C)C. The largest absolute Gasteiger partial charge is 0.328 e. The predicted molar refractivity (Wildman–Crippen MR) is 87.0 cm³/mol. The van der Waals surface area contributed by atoms with Crippen LogP contribution in [0, 0.1) is 0 Å². The summed E-state index contributed by atoms with van der Waals surface area (Å²) in [5.74, 6) is 0. The van der Waals surface area contributed by atoms with Gasteiger partial charge in [-0.15, -0.1) is 5.64 Å². The summed E-state index contributed by atoms with van der Waals surface area (Å²) in [4.78, 5) is 0. The van der Waals surface area contributed by atoms with Crippen LogP contribution in [-0.2, 0) is 9.05 Å². The minimum atomic E-state index is -1.62. The van der Waals surface area contributed by atoms with Gasteiger partial charge in [0.15, 0.2) is 0 Å². The van der Waals surface area contributed by atoms with Gasteiger partial charge in [0.25, 0.3) is 0 Å². The molecule has 0 saturated carbocycles. The molecule has 0 rings (SSSR count). The molecule has 0 aromatic heterocycles. The van der Waals surface area contributed by atoms with Crippen molar-refractivity contribution in [1.29, 1.82) is 0 Å². The fourth-order valence-corrected chi connectivity index (χ4v) is 3.82. The van der Waals surface area contributed by atoms with Crippen LogP contribution in [0.2, 0.25) is 65.5 Å². The molecule has 0 saturated heterocycles. The molecule has 0 aromatic carbocycles. The summed E-state index contributed by atoms with van der Waals surface area (Å²) in [5.41, 5.74) is 2.87. The van der Waals surface area contributed by atoms with E-state index < -0.39 is 30.9 Å². The van der Waals surface area contributed by atoms with Crippen LogP contribution in [0.25, 0.3) is 0 Å². The first-order valence-corrected chi connectivity index (χ1v) is 21.1. The first-order chi connectivity index (χ1) is 7.21. The van der Waals surface area contributed by atoms with Crippen LogP contribution < -0.4 is 5.64 Å². The molecule has 0 heterocycles. The molecule has 7 heteroatoms. The molecular formula is C10H31NO2Si4. The molecule has 0 unspecified atom stereocenters. The van der Waals surface area contributed by atoms with E-state index in [0.717, 1.165) is 0 Å². The van der Waals surface area contributed by atoms with Gasteiger partial charge in [0.1, 0.15) is 0 Å². The molecule has 1 N–H and O–H groups in total. The zero-order chi connectivity index (χ0) is 14.1. The maximum absolute atomic E-state index is 5.91.